The third kappa shape index (κ3) is 7.24. The second kappa shape index (κ2) is 10.1. The molecule has 0 spiro atoms. The van der Waals surface area contributed by atoms with Crippen LogP contribution >= 0.6 is 0 Å². The number of hydrogen-bond acceptors (Lipinski definition) is 6. The molecule has 0 heterocycles. The van der Waals surface area contributed by atoms with Crippen LogP contribution in [0, 0.1) is 11.3 Å². The Balaban J connectivity index is 4.07. The number of carbonyl (C=O) groups is 2. The maximum atomic E-state index is 11.5. The molecule has 0 aliphatic rings. The molecular formula is C11H17N3O4. The minimum atomic E-state index is -0.494. The highest BCUT2D eigenvalue weighted by Gasteiger charge is 2.07. The molecule has 0 unspecified atom stereocenters. The van der Waals surface area contributed by atoms with Gasteiger partial charge in [0.1, 0.15) is 18.2 Å². The number of esters is 1. The molecular weight excluding hydrogens is 238 g/mol. The quantitative estimate of drug-likeness (QED) is 0.258. The summed E-state index contributed by atoms with van der Waals surface area (Å²) in [7, 11) is 2.82. The average molecular weight is 255 g/mol. The van der Waals surface area contributed by atoms with Crippen LogP contribution in [0.5, 0.6) is 0 Å². The third-order valence-electron chi connectivity index (χ3n) is 1.90. The highest BCUT2D eigenvalue weighted by molar-refractivity contribution is 5.97. The van der Waals surface area contributed by atoms with Gasteiger partial charge in [-0.3, -0.25) is 9.59 Å². The zero-order valence-corrected chi connectivity index (χ0v) is 10.5. The molecule has 0 radical (unpaired) electrons. The lowest BCUT2D eigenvalue weighted by molar-refractivity contribution is -0.139. The van der Waals surface area contributed by atoms with E-state index in [9.17, 15) is 9.59 Å². The summed E-state index contributed by atoms with van der Waals surface area (Å²) in [4.78, 5) is 22.3. The largest absolute Gasteiger partial charge is 0.468 e. The van der Waals surface area contributed by atoms with E-state index in [0.29, 0.717) is 19.6 Å². The van der Waals surface area contributed by atoms with Gasteiger partial charge in [0.15, 0.2) is 0 Å². The molecule has 0 saturated carbocycles. The summed E-state index contributed by atoms with van der Waals surface area (Å²) in [6, 6.07) is 1.74. The van der Waals surface area contributed by atoms with Crippen molar-refractivity contribution in [2.45, 2.75) is 6.42 Å². The summed E-state index contributed by atoms with van der Waals surface area (Å²) in [5.74, 6) is -0.977. The molecule has 0 saturated heterocycles. The van der Waals surface area contributed by atoms with Gasteiger partial charge >= 0.3 is 5.97 Å². The van der Waals surface area contributed by atoms with Crippen molar-refractivity contribution in [3.8, 4) is 6.07 Å². The Morgan fingerprint density at radius 2 is 2.11 bits per heavy atom. The summed E-state index contributed by atoms with van der Waals surface area (Å²) in [5, 5.41) is 13.8. The van der Waals surface area contributed by atoms with E-state index in [4.69, 9.17) is 10.00 Å². The normalized spacial score (nSPS) is 10.4. The molecule has 100 valence electrons. The van der Waals surface area contributed by atoms with E-state index in [1.165, 1.54) is 13.3 Å². The van der Waals surface area contributed by atoms with Crippen LogP contribution in [0.3, 0.4) is 0 Å². The van der Waals surface area contributed by atoms with Crippen molar-refractivity contribution < 1.29 is 19.1 Å². The lowest BCUT2D eigenvalue weighted by Gasteiger charge is -2.04. The smallest absolute Gasteiger partial charge is 0.325 e. The Kier molecular flexibility index (Phi) is 8.95. The molecule has 0 fully saturated rings. The molecule has 0 atom stereocenters. The van der Waals surface area contributed by atoms with Crippen LogP contribution < -0.4 is 10.6 Å². The molecule has 7 heteroatoms. The van der Waals surface area contributed by atoms with Gasteiger partial charge in [-0.15, -0.1) is 0 Å². The number of nitrogens with zero attached hydrogens (tertiary/aromatic N) is 1. The first kappa shape index (κ1) is 15.9. The molecule has 0 aliphatic carbocycles. The van der Waals surface area contributed by atoms with Crippen LogP contribution in [0.1, 0.15) is 6.42 Å². The molecule has 0 aliphatic heterocycles. The van der Waals surface area contributed by atoms with Crippen molar-refractivity contribution in [3.05, 3.63) is 11.8 Å². The number of hydrogen-bond donors (Lipinski definition) is 2. The number of rotatable bonds is 8. The predicted octanol–water partition coefficient (Wildman–Crippen LogP) is -0.691. The lowest BCUT2D eigenvalue weighted by atomic mass is 10.3. The second-order valence-electron chi connectivity index (χ2n) is 3.23. The Morgan fingerprint density at radius 1 is 1.39 bits per heavy atom. The first-order chi connectivity index (χ1) is 8.65. The molecule has 7 nitrogen and oxygen atoms in total. The van der Waals surface area contributed by atoms with Crippen molar-refractivity contribution in [2.24, 2.45) is 0 Å². The maximum absolute atomic E-state index is 11.5. The topological polar surface area (TPSA) is 100 Å². The lowest BCUT2D eigenvalue weighted by Crippen LogP contribution is -2.28. The summed E-state index contributed by atoms with van der Waals surface area (Å²) in [6.45, 7) is 0.855. The number of nitrogens with one attached hydrogen (secondary N) is 2. The van der Waals surface area contributed by atoms with Crippen LogP contribution in [0.2, 0.25) is 0 Å². The Morgan fingerprint density at radius 3 is 2.67 bits per heavy atom. The summed E-state index contributed by atoms with van der Waals surface area (Å²) in [5.41, 5.74) is -0.101. The number of nitriles is 1. The number of ether oxygens (including phenoxy) is 2. The third-order valence-corrected chi connectivity index (χ3v) is 1.90. The van der Waals surface area contributed by atoms with Crippen molar-refractivity contribution in [1.29, 1.82) is 5.26 Å². The van der Waals surface area contributed by atoms with E-state index in [1.54, 1.807) is 13.2 Å². The van der Waals surface area contributed by atoms with Crippen molar-refractivity contribution in [1.82, 2.24) is 10.6 Å². The monoisotopic (exact) mass is 255 g/mol. The first-order valence-electron chi connectivity index (χ1n) is 5.33. The highest BCUT2D eigenvalue weighted by atomic mass is 16.5. The number of carbonyl (C=O) groups excluding carboxylic acids is 2. The van der Waals surface area contributed by atoms with E-state index in [-0.39, 0.29) is 12.1 Å². The van der Waals surface area contributed by atoms with Gasteiger partial charge in [-0.1, -0.05) is 0 Å². The zero-order valence-electron chi connectivity index (χ0n) is 10.5. The first-order valence-corrected chi connectivity index (χ1v) is 5.33. The zero-order chi connectivity index (χ0) is 13.8. The van der Waals surface area contributed by atoms with Crippen LogP contribution in [-0.2, 0) is 19.1 Å². The molecule has 0 rings (SSSR count). The fourth-order valence-corrected chi connectivity index (χ4v) is 0.971. The van der Waals surface area contributed by atoms with Crippen LogP contribution in [0.4, 0.5) is 0 Å². The average Bonchev–Trinajstić information content (AvgIpc) is 2.39. The van der Waals surface area contributed by atoms with E-state index in [0.717, 1.165) is 0 Å². The minimum absolute atomic E-state index is 0.0986. The van der Waals surface area contributed by atoms with Crippen molar-refractivity contribution in [2.75, 3.05) is 33.9 Å². The maximum Gasteiger partial charge on any atom is 0.325 e. The molecule has 0 aromatic heterocycles. The Labute approximate surface area is 106 Å². The number of methoxy groups -OCH3 is 2. The fourth-order valence-electron chi connectivity index (χ4n) is 0.971. The van der Waals surface area contributed by atoms with Crippen LogP contribution in [-0.4, -0.2) is 45.8 Å². The van der Waals surface area contributed by atoms with Gasteiger partial charge in [0, 0.05) is 26.5 Å². The molecule has 18 heavy (non-hydrogen) atoms. The van der Waals surface area contributed by atoms with Crippen LogP contribution in [0.25, 0.3) is 0 Å². The van der Waals surface area contributed by atoms with Gasteiger partial charge in [-0.05, 0) is 6.42 Å². The van der Waals surface area contributed by atoms with Gasteiger partial charge < -0.3 is 20.1 Å². The van der Waals surface area contributed by atoms with E-state index >= 15 is 0 Å². The van der Waals surface area contributed by atoms with Gasteiger partial charge in [0.25, 0.3) is 5.91 Å². The molecule has 0 aromatic rings. The van der Waals surface area contributed by atoms with E-state index < -0.39 is 11.9 Å². The molecule has 0 aromatic carbocycles. The summed E-state index contributed by atoms with van der Waals surface area (Å²) in [6.07, 6.45) is 1.85. The van der Waals surface area contributed by atoms with Gasteiger partial charge in [0.05, 0.1) is 7.11 Å². The van der Waals surface area contributed by atoms with Crippen molar-refractivity contribution >= 4 is 11.9 Å². The predicted molar refractivity (Wildman–Crippen MR) is 63.2 cm³/mol. The SMILES string of the molecule is COCCCNC(=O)/C(C#N)=C\NCC(=O)OC. The molecule has 1 amide bonds. The van der Waals surface area contributed by atoms with Gasteiger partial charge in [-0.25, -0.2) is 0 Å². The van der Waals surface area contributed by atoms with Crippen LogP contribution in [0.15, 0.2) is 11.8 Å². The Bertz CT molecular complexity index is 347. The summed E-state index contributed by atoms with van der Waals surface area (Å²) >= 11 is 0. The fraction of sp³-hybridized carbons (Fsp3) is 0.545. The molecule has 0 bridgehead atoms. The van der Waals surface area contributed by atoms with Gasteiger partial charge in [0.2, 0.25) is 0 Å². The number of amides is 1. The van der Waals surface area contributed by atoms with E-state index in [2.05, 4.69) is 15.4 Å². The van der Waals surface area contributed by atoms with E-state index in [1.807, 2.05) is 0 Å². The van der Waals surface area contributed by atoms with Crippen molar-refractivity contribution in [3.63, 3.8) is 0 Å². The summed E-state index contributed by atoms with van der Waals surface area (Å²) < 4.78 is 9.21. The van der Waals surface area contributed by atoms with Gasteiger partial charge in [-0.2, -0.15) is 5.26 Å². The molecule has 2 N–H and O–H groups in total. The standard InChI is InChI=1S/C11H17N3O4/c1-17-5-3-4-14-11(16)9(6-12)7-13-8-10(15)18-2/h7,13H,3-5,8H2,1-2H3,(H,14,16)/b9-7-. The highest BCUT2D eigenvalue weighted by Crippen LogP contribution is 1.90. The Hall–Kier alpha value is -2.07. The second-order valence-corrected chi connectivity index (χ2v) is 3.23. The minimum Gasteiger partial charge on any atom is -0.468 e.